The van der Waals surface area contributed by atoms with Gasteiger partial charge in [-0.2, -0.15) is 0 Å². The molecule has 1 aromatic rings. The lowest BCUT2D eigenvalue weighted by atomic mass is 10.3. The summed E-state index contributed by atoms with van der Waals surface area (Å²) in [5.74, 6) is 4.39. The van der Waals surface area contributed by atoms with Crippen LogP contribution in [0.1, 0.15) is 0 Å². The predicted octanol–water partition coefficient (Wildman–Crippen LogP) is 0.256. The van der Waals surface area contributed by atoms with Crippen LogP contribution in [0.3, 0.4) is 0 Å². The van der Waals surface area contributed by atoms with E-state index < -0.39 is 4.92 Å². The zero-order chi connectivity index (χ0) is 14.3. The smallest absolute Gasteiger partial charge is 0.269 e. The highest BCUT2D eigenvalue weighted by atomic mass is 32.2. The normalized spacial score (nSPS) is 9.74. The second-order valence-electron chi connectivity index (χ2n) is 3.41. The molecule has 4 N–H and O–H groups in total. The SMILES string of the molecule is NNC(=O)CSCC(=O)Nc1ccc([N+](=O)[O-])cc1. The molecule has 0 aliphatic carbocycles. The lowest BCUT2D eigenvalue weighted by molar-refractivity contribution is -0.384. The van der Waals surface area contributed by atoms with Gasteiger partial charge in [0.15, 0.2) is 0 Å². The minimum absolute atomic E-state index is 0.0491. The molecule has 102 valence electrons. The van der Waals surface area contributed by atoms with E-state index in [1.54, 1.807) is 0 Å². The van der Waals surface area contributed by atoms with Crippen LogP contribution in [0.25, 0.3) is 0 Å². The number of benzene rings is 1. The molecule has 0 bridgehead atoms. The molecule has 0 radical (unpaired) electrons. The number of rotatable bonds is 6. The first-order chi connectivity index (χ1) is 9.02. The first-order valence-corrected chi connectivity index (χ1v) is 6.30. The molecule has 9 heteroatoms. The van der Waals surface area contributed by atoms with Crippen LogP contribution in [0, 0.1) is 10.1 Å². The monoisotopic (exact) mass is 284 g/mol. The number of anilines is 1. The number of nitro benzene ring substituents is 1. The van der Waals surface area contributed by atoms with Crippen LogP contribution < -0.4 is 16.6 Å². The molecule has 0 saturated carbocycles. The Morgan fingerprint density at radius 3 is 2.32 bits per heavy atom. The Kier molecular flexibility index (Phi) is 5.76. The number of hydrogen-bond donors (Lipinski definition) is 3. The van der Waals surface area contributed by atoms with Gasteiger partial charge in [0.2, 0.25) is 11.8 Å². The van der Waals surface area contributed by atoms with Crippen molar-refractivity contribution >= 4 is 35.0 Å². The maximum absolute atomic E-state index is 11.5. The lowest BCUT2D eigenvalue weighted by Gasteiger charge is -2.04. The fraction of sp³-hybridized carbons (Fsp3) is 0.200. The number of thioether (sulfide) groups is 1. The Bertz CT molecular complexity index is 477. The van der Waals surface area contributed by atoms with Crippen molar-refractivity contribution in [1.29, 1.82) is 0 Å². The summed E-state index contributed by atoms with van der Waals surface area (Å²) in [4.78, 5) is 32.2. The molecule has 0 heterocycles. The van der Waals surface area contributed by atoms with Crippen LogP contribution in [0.2, 0.25) is 0 Å². The fourth-order valence-electron chi connectivity index (χ4n) is 1.14. The van der Waals surface area contributed by atoms with Crippen molar-refractivity contribution in [3.63, 3.8) is 0 Å². The van der Waals surface area contributed by atoms with Gasteiger partial charge in [-0.05, 0) is 12.1 Å². The summed E-state index contributed by atoms with van der Waals surface area (Å²) >= 11 is 1.11. The first-order valence-electron chi connectivity index (χ1n) is 5.14. The molecule has 0 fully saturated rings. The molecule has 0 unspecified atom stereocenters. The second kappa shape index (κ2) is 7.34. The molecule has 8 nitrogen and oxygen atoms in total. The zero-order valence-corrected chi connectivity index (χ0v) is 10.6. The van der Waals surface area contributed by atoms with Crippen molar-refractivity contribution in [2.45, 2.75) is 0 Å². The average molecular weight is 284 g/mol. The predicted molar refractivity (Wildman–Crippen MR) is 71.4 cm³/mol. The molecule has 0 saturated heterocycles. The van der Waals surface area contributed by atoms with E-state index in [1.807, 2.05) is 5.43 Å². The summed E-state index contributed by atoms with van der Waals surface area (Å²) in [6.45, 7) is 0. The highest BCUT2D eigenvalue weighted by Gasteiger charge is 2.07. The summed E-state index contributed by atoms with van der Waals surface area (Å²) in [5, 5.41) is 13.0. The van der Waals surface area contributed by atoms with E-state index in [9.17, 15) is 19.7 Å². The first kappa shape index (κ1) is 14.9. The van der Waals surface area contributed by atoms with E-state index in [4.69, 9.17) is 5.84 Å². The Balaban J connectivity index is 2.40. The lowest BCUT2D eigenvalue weighted by Crippen LogP contribution is -2.32. The molecular formula is C10H12N4O4S. The summed E-state index contributed by atoms with van der Waals surface area (Å²) in [7, 11) is 0. The summed E-state index contributed by atoms with van der Waals surface area (Å²) in [5.41, 5.74) is 2.36. The van der Waals surface area contributed by atoms with Crippen LogP contribution in [-0.4, -0.2) is 28.2 Å². The highest BCUT2D eigenvalue weighted by Crippen LogP contribution is 2.15. The number of hydrogen-bond acceptors (Lipinski definition) is 6. The largest absolute Gasteiger partial charge is 0.325 e. The van der Waals surface area contributed by atoms with Crippen molar-refractivity contribution in [2.75, 3.05) is 16.8 Å². The molecule has 0 atom stereocenters. The van der Waals surface area contributed by atoms with Crippen LogP contribution in [0.15, 0.2) is 24.3 Å². The van der Waals surface area contributed by atoms with E-state index in [2.05, 4.69) is 5.32 Å². The standard InChI is InChI=1S/C10H12N4O4S/c11-13-10(16)6-19-5-9(15)12-7-1-3-8(4-2-7)14(17)18/h1-4H,5-6,11H2,(H,12,15)(H,13,16). The number of nitrogens with two attached hydrogens (primary N) is 1. The van der Waals surface area contributed by atoms with Gasteiger partial charge in [0.05, 0.1) is 16.4 Å². The molecule has 0 aliphatic heterocycles. The summed E-state index contributed by atoms with van der Waals surface area (Å²) < 4.78 is 0. The third-order valence-corrected chi connectivity index (χ3v) is 2.92. The van der Waals surface area contributed by atoms with Gasteiger partial charge in [-0.3, -0.25) is 25.1 Å². The van der Waals surface area contributed by atoms with Gasteiger partial charge in [-0.15, -0.1) is 11.8 Å². The Morgan fingerprint density at radius 1 is 1.21 bits per heavy atom. The van der Waals surface area contributed by atoms with E-state index >= 15 is 0 Å². The quantitative estimate of drug-likeness (QED) is 0.297. The topological polar surface area (TPSA) is 127 Å². The highest BCUT2D eigenvalue weighted by molar-refractivity contribution is 8.00. The molecule has 0 aromatic heterocycles. The molecule has 2 amide bonds. The Hall–Kier alpha value is -2.13. The van der Waals surface area contributed by atoms with Crippen LogP contribution in [-0.2, 0) is 9.59 Å². The number of nitrogens with zero attached hydrogens (tertiary/aromatic N) is 1. The zero-order valence-electron chi connectivity index (χ0n) is 9.79. The molecular weight excluding hydrogens is 272 g/mol. The maximum Gasteiger partial charge on any atom is 0.269 e. The molecule has 1 rings (SSSR count). The van der Waals surface area contributed by atoms with Gasteiger partial charge in [0, 0.05) is 17.8 Å². The van der Waals surface area contributed by atoms with E-state index in [0.717, 1.165) is 11.8 Å². The minimum atomic E-state index is -0.521. The van der Waals surface area contributed by atoms with Gasteiger partial charge >= 0.3 is 0 Å². The van der Waals surface area contributed by atoms with Gasteiger partial charge in [-0.25, -0.2) is 5.84 Å². The van der Waals surface area contributed by atoms with Gasteiger partial charge < -0.3 is 5.32 Å². The third kappa shape index (κ3) is 5.36. The van der Waals surface area contributed by atoms with Crippen molar-refractivity contribution in [3.8, 4) is 0 Å². The van der Waals surface area contributed by atoms with Crippen molar-refractivity contribution in [1.82, 2.24) is 5.43 Å². The van der Waals surface area contributed by atoms with Gasteiger partial charge in [-0.1, -0.05) is 0 Å². The van der Waals surface area contributed by atoms with Gasteiger partial charge in [0.1, 0.15) is 0 Å². The molecule has 19 heavy (non-hydrogen) atoms. The van der Waals surface area contributed by atoms with Crippen LogP contribution in [0.4, 0.5) is 11.4 Å². The molecule has 1 aromatic carbocycles. The summed E-state index contributed by atoms with van der Waals surface area (Å²) in [6.07, 6.45) is 0. The summed E-state index contributed by atoms with van der Waals surface area (Å²) in [6, 6.07) is 5.47. The Morgan fingerprint density at radius 2 is 1.79 bits per heavy atom. The number of nitrogens with one attached hydrogen (secondary N) is 2. The number of carbonyl (C=O) groups is 2. The maximum atomic E-state index is 11.5. The van der Waals surface area contributed by atoms with Crippen molar-refractivity contribution in [3.05, 3.63) is 34.4 Å². The molecule has 0 spiro atoms. The number of carbonyl (C=O) groups excluding carboxylic acids is 2. The van der Waals surface area contributed by atoms with Crippen LogP contribution >= 0.6 is 11.8 Å². The Labute approximate surface area is 112 Å². The van der Waals surface area contributed by atoms with Crippen molar-refractivity contribution in [2.24, 2.45) is 5.84 Å². The van der Waals surface area contributed by atoms with E-state index in [-0.39, 0.29) is 29.0 Å². The fourth-order valence-corrected chi connectivity index (χ4v) is 1.77. The molecule has 0 aliphatic rings. The van der Waals surface area contributed by atoms with Crippen LogP contribution in [0.5, 0.6) is 0 Å². The average Bonchev–Trinajstić information content (AvgIpc) is 2.39. The minimum Gasteiger partial charge on any atom is -0.325 e. The van der Waals surface area contributed by atoms with Crippen molar-refractivity contribution < 1.29 is 14.5 Å². The van der Waals surface area contributed by atoms with E-state index in [0.29, 0.717) is 5.69 Å². The third-order valence-electron chi connectivity index (χ3n) is 1.99. The number of hydrazine groups is 1. The van der Waals surface area contributed by atoms with Gasteiger partial charge in [0.25, 0.3) is 5.69 Å². The second-order valence-corrected chi connectivity index (χ2v) is 4.40. The number of nitro groups is 1. The number of amides is 2. The van der Waals surface area contributed by atoms with E-state index in [1.165, 1.54) is 24.3 Å². The number of non-ortho nitro benzene ring substituents is 1.